The van der Waals surface area contributed by atoms with Gasteiger partial charge in [0.15, 0.2) is 11.6 Å². The van der Waals surface area contributed by atoms with E-state index in [9.17, 15) is 4.79 Å². The van der Waals surface area contributed by atoms with E-state index < -0.39 is 5.82 Å². The van der Waals surface area contributed by atoms with Crippen LogP contribution in [0, 0.1) is 12.7 Å². The molecule has 0 saturated heterocycles. The summed E-state index contributed by atoms with van der Waals surface area (Å²) in [6, 6.07) is 2.96. The molecule has 2 atom stereocenters. The van der Waals surface area contributed by atoms with E-state index in [-0.39, 0.29) is 28.0 Å². The summed E-state index contributed by atoms with van der Waals surface area (Å²) in [4.78, 5) is 10.4. The van der Waals surface area contributed by atoms with Gasteiger partial charge in [-0.2, -0.15) is 0 Å². The molecule has 0 aliphatic carbocycles. The molecule has 2 rings (SSSR count). The van der Waals surface area contributed by atoms with Gasteiger partial charge in [-0.1, -0.05) is 41.0 Å². The van der Waals surface area contributed by atoms with Gasteiger partial charge in [0.25, 0.3) is 5.19 Å². The fraction of sp³-hybridized carbons (Fsp3) is 0.438. The summed E-state index contributed by atoms with van der Waals surface area (Å²) in [5.74, 6) is -0.593. The van der Waals surface area contributed by atoms with Gasteiger partial charge < -0.3 is 15.4 Å². The number of hydrogen-bond acceptors (Lipinski definition) is 6. The third kappa shape index (κ3) is 5.10. The molecule has 1 aromatic heterocycles. The molecule has 0 saturated carbocycles. The molecule has 0 aliphatic rings. The number of amides is 1. The molecule has 0 radical (unpaired) electrons. The molecule has 9 heteroatoms. The number of hydrogen-bond donors (Lipinski definition) is 2. The molecule has 1 amide bonds. The van der Waals surface area contributed by atoms with Crippen LogP contribution in [0.5, 0.6) is 10.9 Å². The van der Waals surface area contributed by atoms with E-state index in [1.165, 1.54) is 11.3 Å². The van der Waals surface area contributed by atoms with Gasteiger partial charge in [-0.15, -0.1) is 5.10 Å². The van der Waals surface area contributed by atoms with Crippen molar-refractivity contribution in [3.63, 3.8) is 0 Å². The summed E-state index contributed by atoms with van der Waals surface area (Å²) in [5, 5.41) is 14.7. The average Bonchev–Trinajstić information content (AvgIpc) is 3.00. The molecule has 136 valence electrons. The zero-order valence-corrected chi connectivity index (χ0v) is 15.7. The number of aromatic nitrogens is 2. The van der Waals surface area contributed by atoms with Crippen molar-refractivity contribution in [1.29, 1.82) is 0 Å². The Labute approximate surface area is 154 Å². The Morgan fingerprint density at radius 2 is 2.20 bits per heavy atom. The van der Waals surface area contributed by atoms with Crippen LogP contribution < -0.4 is 15.4 Å². The van der Waals surface area contributed by atoms with Crippen molar-refractivity contribution >= 4 is 29.3 Å². The van der Waals surface area contributed by atoms with Crippen molar-refractivity contribution in [1.82, 2.24) is 20.8 Å². The lowest BCUT2D eigenvalue weighted by Crippen LogP contribution is -2.38. The standard InChI is InChI=1S/C16H20ClFN4O2S/c1-4-13(20-9(2)7-19-8-23)11-5-6-12(17)15(14(11)18)24-16-22-21-10(3)25-16/h5-6,8-9,13,20H,4,7H2,1-3H3,(H,19,23)/t9-,13-/m1/s1. The lowest BCUT2D eigenvalue weighted by molar-refractivity contribution is -0.109. The Kier molecular flexibility index (Phi) is 7.10. The first-order chi connectivity index (χ1) is 12.0. The Balaban J connectivity index is 2.24. The normalized spacial score (nSPS) is 13.3. The van der Waals surface area contributed by atoms with Crippen molar-refractivity contribution in [3.05, 3.63) is 33.5 Å². The van der Waals surface area contributed by atoms with E-state index in [1.807, 2.05) is 13.8 Å². The smallest absolute Gasteiger partial charge is 0.299 e. The molecule has 2 N–H and O–H groups in total. The molecule has 1 aromatic carbocycles. The van der Waals surface area contributed by atoms with Crippen LogP contribution in [0.15, 0.2) is 12.1 Å². The van der Waals surface area contributed by atoms with Crippen molar-refractivity contribution in [3.8, 4) is 10.9 Å². The van der Waals surface area contributed by atoms with E-state index >= 15 is 4.39 Å². The van der Waals surface area contributed by atoms with Gasteiger partial charge in [0, 0.05) is 24.2 Å². The first-order valence-corrected chi connectivity index (χ1v) is 9.04. The summed E-state index contributed by atoms with van der Waals surface area (Å²) in [5.41, 5.74) is 0.445. The highest BCUT2D eigenvalue weighted by Gasteiger charge is 2.22. The lowest BCUT2D eigenvalue weighted by Gasteiger charge is -2.23. The topological polar surface area (TPSA) is 76.1 Å². The minimum absolute atomic E-state index is 0.0274. The highest BCUT2D eigenvalue weighted by molar-refractivity contribution is 7.13. The maximum atomic E-state index is 15.0. The van der Waals surface area contributed by atoms with E-state index in [4.69, 9.17) is 16.3 Å². The van der Waals surface area contributed by atoms with Gasteiger partial charge in [-0.25, -0.2) is 4.39 Å². The molecular weight excluding hydrogens is 367 g/mol. The average molecular weight is 387 g/mol. The molecule has 0 aliphatic heterocycles. The van der Waals surface area contributed by atoms with Crippen molar-refractivity contribution in [2.75, 3.05) is 6.54 Å². The highest BCUT2D eigenvalue weighted by atomic mass is 35.5. The van der Waals surface area contributed by atoms with E-state index in [2.05, 4.69) is 20.8 Å². The molecular formula is C16H20ClFN4O2S. The fourth-order valence-corrected chi connectivity index (χ4v) is 3.10. The van der Waals surface area contributed by atoms with Crippen LogP contribution >= 0.6 is 22.9 Å². The summed E-state index contributed by atoms with van der Waals surface area (Å²) in [7, 11) is 0. The monoisotopic (exact) mass is 386 g/mol. The molecule has 0 spiro atoms. The highest BCUT2D eigenvalue weighted by Crippen LogP contribution is 2.37. The first kappa shape index (κ1) is 19.6. The molecule has 6 nitrogen and oxygen atoms in total. The van der Waals surface area contributed by atoms with E-state index in [0.717, 1.165) is 0 Å². The fourth-order valence-electron chi connectivity index (χ4n) is 2.37. The number of rotatable bonds is 9. The zero-order valence-electron chi connectivity index (χ0n) is 14.2. The van der Waals surface area contributed by atoms with Crippen LogP contribution in [0.3, 0.4) is 0 Å². The van der Waals surface area contributed by atoms with Gasteiger partial charge in [-0.3, -0.25) is 4.79 Å². The molecule has 0 bridgehead atoms. The Morgan fingerprint density at radius 1 is 1.44 bits per heavy atom. The Bertz CT molecular complexity index is 728. The van der Waals surface area contributed by atoms with Crippen LogP contribution in [-0.4, -0.2) is 29.2 Å². The van der Waals surface area contributed by atoms with Gasteiger partial charge in [0.2, 0.25) is 6.41 Å². The van der Waals surface area contributed by atoms with Gasteiger partial charge in [-0.05, 0) is 26.3 Å². The second-order valence-electron chi connectivity index (χ2n) is 5.52. The van der Waals surface area contributed by atoms with Crippen LogP contribution in [0.25, 0.3) is 0 Å². The summed E-state index contributed by atoms with van der Waals surface area (Å²) >= 11 is 7.32. The van der Waals surface area contributed by atoms with E-state index in [0.29, 0.717) is 29.9 Å². The maximum Gasteiger partial charge on any atom is 0.299 e. The number of aryl methyl sites for hydroxylation is 1. The molecule has 0 unspecified atom stereocenters. The summed E-state index contributed by atoms with van der Waals surface area (Å²) < 4.78 is 20.5. The largest absolute Gasteiger partial charge is 0.425 e. The van der Waals surface area contributed by atoms with Gasteiger partial charge >= 0.3 is 0 Å². The Hall–Kier alpha value is -1.77. The number of carbonyl (C=O) groups excluding carboxylic acids is 1. The van der Waals surface area contributed by atoms with Crippen LogP contribution in [0.4, 0.5) is 4.39 Å². The van der Waals surface area contributed by atoms with Crippen LogP contribution in [0.2, 0.25) is 5.02 Å². The van der Waals surface area contributed by atoms with Gasteiger partial charge in [0.05, 0.1) is 5.02 Å². The minimum atomic E-state index is -0.532. The van der Waals surface area contributed by atoms with E-state index in [1.54, 1.807) is 19.1 Å². The number of ether oxygens (including phenoxy) is 1. The molecule has 25 heavy (non-hydrogen) atoms. The second-order valence-corrected chi connectivity index (χ2v) is 7.07. The third-order valence-corrected chi connectivity index (χ3v) is 4.57. The number of benzene rings is 1. The molecule has 0 fully saturated rings. The van der Waals surface area contributed by atoms with Crippen LogP contribution in [-0.2, 0) is 4.79 Å². The predicted molar refractivity (Wildman–Crippen MR) is 95.8 cm³/mol. The molecule has 2 aromatic rings. The second kappa shape index (κ2) is 9.07. The maximum absolute atomic E-state index is 15.0. The van der Waals surface area contributed by atoms with Crippen molar-refractivity contribution in [2.24, 2.45) is 0 Å². The van der Waals surface area contributed by atoms with Gasteiger partial charge in [0.1, 0.15) is 5.01 Å². The number of carbonyl (C=O) groups is 1. The SMILES string of the molecule is CC[C@@H](N[C@H](C)CNC=O)c1ccc(Cl)c(Oc2nnc(C)s2)c1F. The summed E-state index contributed by atoms with van der Waals surface area (Å²) in [6.45, 7) is 6.09. The Morgan fingerprint density at radius 3 is 2.80 bits per heavy atom. The predicted octanol–water partition coefficient (Wildman–Crippen LogP) is 3.61. The zero-order chi connectivity index (χ0) is 18.4. The minimum Gasteiger partial charge on any atom is -0.425 e. The molecule has 1 heterocycles. The number of nitrogens with zero attached hydrogens (tertiary/aromatic N) is 2. The quantitative estimate of drug-likeness (QED) is 0.644. The number of halogens is 2. The summed E-state index contributed by atoms with van der Waals surface area (Å²) in [6.07, 6.45) is 1.29. The van der Waals surface area contributed by atoms with Crippen molar-refractivity contribution < 1.29 is 13.9 Å². The first-order valence-electron chi connectivity index (χ1n) is 7.85. The third-order valence-electron chi connectivity index (χ3n) is 3.55. The van der Waals surface area contributed by atoms with Crippen LogP contribution in [0.1, 0.15) is 36.9 Å². The number of nitrogens with one attached hydrogen (secondary N) is 2. The lowest BCUT2D eigenvalue weighted by atomic mass is 10.0. The van der Waals surface area contributed by atoms with Crippen molar-refractivity contribution in [2.45, 2.75) is 39.3 Å².